The van der Waals surface area contributed by atoms with E-state index in [2.05, 4.69) is 337 Å². The summed E-state index contributed by atoms with van der Waals surface area (Å²) in [7, 11) is 0. The van der Waals surface area contributed by atoms with Crippen molar-refractivity contribution in [2.24, 2.45) is 0 Å². The summed E-state index contributed by atoms with van der Waals surface area (Å²) in [5, 5.41) is 11.3. The lowest BCUT2D eigenvalue weighted by atomic mass is 9.93. The van der Waals surface area contributed by atoms with Crippen molar-refractivity contribution in [1.29, 1.82) is 0 Å². The van der Waals surface area contributed by atoms with Gasteiger partial charge in [0, 0.05) is 121 Å². The molecule has 0 aliphatic heterocycles. The van der Waals surface area contributed by atoms with Gasteiger partial charge in [-0.15, -0.1) is 0 Å². The van der Waals surface area contributed by atoms with E-state index in [9.17, 15) is 0 Å². The number of rotatable bonds is 12. The summed E-state index contributed by atoms with van der Waals surface area (Å²) >= 11 is 2.49. The summed E-state index contributed by atoms with van der Waals surface area (Å²) in [4.78, 5) is 31.3. The maximum Gasteiger partial charge on any atom is 0.160 e. The van der Waals surface area contributed by atoms with Gasteiger partial charge in [-0.05, 0) is 108 Å². The van der Waals surface area contributed by atoms with E-state index >= 15 is 0 Å². The predicted molar refractivity (Wildman–Crippen MR) is 495 cm³/mol. The molecule has 0 radical (unpaired) electrons. The standard InChI is InChI=1S/2C53H32N6S/c1-3-15-33(16-4-1)50-43-31-42(51-52(58-60-57-51)49(43)41-25-7-10-26-44(41)54-50)35-19-13-20-36(29-35)45-32-46(56-53(55-45)34-17-5-2-6-18-34)37-21-14-22-38(30-37)59-47-27-11-8-23-39(47)40-24-9-12-28-48(40)59;1-3-14-34(15-4-1)50-43-31-42(51-52(58-60-57-51)49(43)41-22-7-10-23-44(41)54-50)36-18-13-19-37(30-36)46-32-45(55-53(56-46)35-16-5-2-6-17-35)33-26-28-38(29-27-33)59-47-24-11-8-20-39(47)40-21-9-12-25-48(40)59/h2*1-32H. The van der Waals surface area contributed by atoms with Crippen LogP contribution in [0.1, 0.15) is 0 Å². The Morgan fingerprint density at radius 3 is 0.925 bits per heavy atom. The lowest BCUT2D eigenvalue weighted by Crippen LogP contribution is -1.98. The van der Waals surface area contributed by atoms with E-state index in [1.807, 2.05) is 60.7 Å². The molecule has 14 heteroatoms. The maximum atomic E-state index is 5.23. The highest BCUT2D eigenvalue weighted by atomic mass is 32.1. The zero-order valence-electron chi connectivity index (χ0n) is 64.1. The molecule has 0 amide bonds. The van der Waals surface area contributed by atoms with E-state index in [4.69, 9.17) is 47.4 Å². The minimum absolute atomic E-state index is 0.665. The van der Waals surface area contributed by atoms with Crippen molar-refractivity contribution in [3.63, 3.8) is 0 Å². The smallest absolute Gasteiger partial charge is 0.160 e. The van der Waals surface area contributed by atoms with Crippen LogP contribution in [0.3, 0.4) is 0 Å². The van der Waals surface area contributed by atoms with Crippen LogP contribution in [0.5, 0.6) is 0 Å². The molecule has 12 nitrogen and oxygen atoms in total. The fourth-order valence-corrected chi connectivity index (χ4v) is 18.5. The summed E-state index contributed by atoms with van der Waals surface area (Å²) < 4.78 is 24.4. The van der Waals surface area contributed by atoms with Crippen LogP contribution in [0.2, 0.25) is 0 Å². The Morgan fingerprint density at radius 1 is 0.192 bits per heavy atom. The molecule has 0 bridgehead atoms. The Balaban J connectivity index is 0.000000140. The number of aromatic nitrogens is 12. The minimum Gasteiger partial charge on any atom is -0.309 e. The van der Waals surface area contributed by atoms with Gasteiger partial charge in [0.1, 0.15) is 22.1 Å². The highest BCUT2D eigenvalue weighted by molar-refractivity contribution is 7.00. The number of benzene rings is 16. The van der Waals surface area contributed by atoms with Crippen molar-refractivity contribution >= 4 is 132 Å². The molecule has 8 heterocycles. The first-order chi connectivity index (χ1) is 59.5. The first-order valence-corrected chi connectivity index (χ1v) is 41.3. The average Bonchev–Trinajstić information content (AvgIpc) is 1.17. The van der Waals surface area contributed by atoms with Crippen LogP contribution in [0, 0.1) is 0 Å². The van der Waals surface area contributed by atoms with Crippen LogP contribution in [-0.4, -0.2) is 56.5 Å². The molecule has 24 rings (SSSR count). The quantitative estimate of drug-likeness (QED) is 0.109. The van der Waals surface area contributed by atoms with Crippen molar-refractivity contribution < 1.29 is 0 Å². The Labute approximate surface area is 696 Å². The minimum atomic E-state index is 0.665. The molecule has 0 saturated heterocycles. The van der Waals surface area contributed by atoms with Gasteiger partial charge in [-0.2, -0.15) is 17.5 Å². The molecular weight excluding hydrogens is 1510 g/mol. The van der Waals surface area contributed by atoms with Gasteiger partial charge < -0.3 is 9.13 Å². The largest absolute Gasteiger partial charge is 0.309 e. The van der Waals surface area contributed by atoms with Crippen LogP contribution in [-0.2, 0) is 0 Å². The number of pyridine rings is 2. The fraction of sp³-hybridized carbons (Fsp3) is 0. The molecule has 0 aliphatic rings. The summed E-state index contributed by atoms with van der Waals surface area (Å²) in [5.74, 6) is 1.33. The van der Waals surface area contributed by atoms with Gasteiger partial charge in [-0.3, -0.25) is 0 Å². The molecule has 16 aromatic carbocycles. The van der Waals surface area contributed by atoms with Crippen molar-refractivity contribution in [2.45, 2.75) is 0 Å². The predicted octanol–water partition coefficient (Wildman–Crippen LogP) is 27.2. The summed E-state index contributed by atoms with van der Waals surface area (Å²) in [6.45, 7) is 0. The molecule has 0 saturated carbocycles. The highest BCUT2D eigenvalue weighted by Crippen LogP contribution is 2.46. The lowest BCUT2D eigenvalue weighted by Gasteiger charge is -2.14. The fourth-order valence-electron chi connectivity index (χ4n) is 17.4. The number of hydrogen-bond donors (Lipinski definition) is 0. The Kier molecular flexibility index (Phi) is 17.0. The number of para-hydroxylation sites is 6. The third kappa shape index (κ3) is 12.1. The van der Waals surface area contributed by atoms with E-state index in [0.29, 0.717) is 11.6 Å². The molecule has 560 valence electrons. The van der Waals surface area contributed by atoms with Crippen LogP contribution in [0.15, 0.2) is 388 Å². The molecule has 0 fully saturated rings. The van der Waals surface area contributed by atoms with E-state index in [1.165, 1.54) is 67.1 Å². The Bertz CT molecular complexity index is 8060. The van der Waals surface area contributed by atoms with Crippen molar-refractivity contribution in [1.82, 2.24) is 56.5 Å². The zero-order chi connectivity index (χ0) is 79.1. The second-order valence-electron chi connectivity index (χ2n) is 30.0. The second-order valence-corrected chi connectivity index (χ2v) is 31.0. The molecule has 24 aromatic rings. The van der Waals surface area contributed by atoms with Crippen molar-refractivity contribution in [3.05, 3.63) is 388 Å². The Hall–Kier alpha value is -15.7. The first-order valence-electron chi connectivity index (χ1n) is 39.9. The first kappa shape index (κ1) is 69.7. The van der Waals surface area contributed by atoms with Crippen LogP contribution in [0.25, 0.3) is 233 Å². The second kappa shape index (κ2) is 29.2. The highest BCUT2D eigenvalue weighted by Gasteiger charge is 2.25. The van der Waals surface area contributed by atoms with E-state index in [1.54, 1.807) is 0 Å². The van der Waals surface area contributed by atoms with Gasteiger partial charge in [0.2, 0.25) is 0 Å². The zero-order valence-corrected chi connectivity index (χ0v) is 65.8. The van der Waals surface area contributed by atoms with E-state index in [0.717, 1.165) is 178 Å². The molecule has 0 N–H and O–H groups in total. The SMILES string of the molecule is c1ccc(-c2nc(-c3ccc(-n4c5ccccc5c5ccccc54)cc3)cc(-c3cccc(-c4cc5c(-c6ccccc6)nc6ccccc6c5c5nsnc45)c3)n2)cc1.c1ccc(-c2nc(-c3cccc(-c4cc5c(-c6ccccc6)nc6ccccc6c5c5nsnc45)c3)cc(-c3cccc(-n4c5ccccc5c5ccccc54)c3)n2)cc1. The molecule has 8 aromatic heterocycles. The molecule has 0 atom stereocenters. The van der Waals surface area contributed by atoms with Gasteiger partial charge in [0.25, 0.3) is 0 Å². The van der Waals surface area contributed by atoms with Crippen molar-refractivity contribution in [2.75, 3.05) is 0 Å². The summed E-state index contributed by atoms with van der Waals surface area (Å²) in [5.41, 5.74) is 29.5. The molecule has 0 spiro atoms. The Morgan fingerprint density at radius 2 is 0.508 bits per heavy atom. The van der Waals surface area contributed by atoms with Gasteiger partial charge in [-0.25, -0.2) is 29.9 Å². The van der Waals surface area contributed by atoms with E-state index in [-0.39, 0.29) is 0 Å². The monoisotopic (exact) mass is 1570 g/mol. The van der Waals surface area contributed by atoms with Gasteiger partial charge in [0.05, 0.1) is 90.7 Å². The average molecular weight is 1570 g/mol. The lowest BCUT2D eigenvalue weighted by molar-refractivity contribution is 1.16. The molecule has 0 aliphatic carbocycles. The maximum absolute atomic E-state index is 5.23. The molecular formula is C106H64N12S2. The van der Waals surface area contributed by atoms with Crippen LogP contribution in [0.4, 0.5) is 0 Å². The van der Waals surface area contributed by atoms with Gasteiger partial charge >= 0.3 is 0 Å². The third-order valence-corrected chi connectivity index (χ3v) is 24.0. The molecule has 120 heavy (non-hydrogen) atoms. The number of nitrogens with zero attached hydrogens (tertiary/aromatic N) is 12. The van der Waals surface area contributed by atoms with Gasteiger partial charge in [-0.1, -0.05) is 291 Å². The number of hydrogen-bond acceptors (Lipinski definition) is 12. The number of fused-ring (bicyclic) bond motifs is 16. The van der Waals surface area contributed by atoms with Gasteiger partial charge in [0.15, 0.2) is 11.6 Å². The van der Waals surface area contributed by atoms with Crippen LogP contribution >= 0.6 is 23.5 Å². The van der Waals surface area contributed by atoms with Crippen LogP contribution < -0.4 is 0 Å². The normalized spacial score (nSPS) is 11.7. The topological polar surface area (TPSA) is 139 Å². The third-order valence-electron chi connectivity index (χ3n) is 22.9. The molecule has 0 unspecified atom stereocenters. The van der Waals surface area contributed by atoms with Crippen molar-refractivity contribution in [3.8, 4) is 124 Å². The van der Waals surface area contributed by atoms with E-state index < -0.39 is 0 Å². The summed E-state index contributed by atoms with van der Waals surface area (Å²) in [6.07, 6.45) is 0. The summed E-state index contributed by atoms with van der Waals surface area (Å²) in [6, 6.07) is 135.